The first kappa shape index (κ1) is 15.4. The van der Waals surface area contributed by atoms with Gasteiger partial charge in [0.05, 0.1) is 0 Å². The Morgan fingerprint density at radius 1 is 1.53 bits per heavy atom. The van der Waals surface area contributed by atoms with E-state index >= 15 is 0 Å². The predicted octanol–water partition coefficient (Wildman–Crippen LogP) is 1.62. The van der Waals surface area contributed by atoms with Crippen LogP contribution >= 0.6 is 0 Å². The van der Waals surface area contributed by atoms with Gasteiger partial charge in [0, 0.05) is 31.0 Å². The maximum Gasteiger partial charge on any atom is 0.269 e. The second kappa shape index (κ2) is 6.52. The molecule has 0 bridgehead atoms. The fourth-order valence-electron chi connectivity index (χ4n) is 2.20. The zero-order valence-electron chi connectivity index (χ0n) is 12.2. The summed E-state index contributed by atoms with van der Waals surface area (Å²) in [6.45, 7) is 6.95. The third kappa shape index (κ3) is 4.52. The van der Waals surface area contributed by atoms with Gasteiger partial charge in [-0.15, -0.1) is 0 Å². The fourth-order valence-corrected chi connectivity index (χ4v) is 2.20. The highest BCUT2D eigenvalue weighted by Gasteiger charge is 2.23. The summed E-state index contributed by atoms with van der Waals surface area (Å²) in [5, 5.41) is 5.97. The van der Waals surface area contributed by atoms with E-state index in [1.807, 2.05) is 6.07 Å². The van der Waals surface area contributed by atoms with Crippen molar-refractivity contribution in [1.29, 1.82) is 0 Å². The summed E-state index contributed by atoms with van der Waals surface area (Å²) in [5.74, 6) is 0.350. The molecule has 1 aromatic rings. The maximum absolute atomic E-state index is 11.6. The van der Waals surface area contributed by atoms with Gasteiger partial charge in [0.2, 0.25) is 0 Å². The van der Waals surface area contributed by atoms with Crippen LogP contribution in [-0.2, 0) is 0 Å². The Kier molecular flexibility index (Phi) is 5.30. The summed E-state index contributed by atoms with van der Waals surface area (Å²) in [5.41, 5.74) is 6.95. The van der Waals surface area contributed by atoms with Gasteiger partial charge in [0.1, 0.15) is 5.69 Å². The van der Waals surface area contributed by atoms with Crippen LogP contribution in [0.15, 0.2) is 18.3 Å². The van der Waals surface area contributed by atoms with E-state index < -0.39 is 0 Å². The largest absolute Gasteiger partial charge is 0.378 e. The monoisotopic (exact) mass is 264 g/mol. The molecule has 1 amide bonds. The van der Waals surface area contributed by atoms with Crippen molar-refractivity contribution < 1.29 is 4.79 Å². The molecule has 1 aromatic heterocycles. The molecule has 5 nitrogen and oxygen atoms in total. The lowest BCUT2D eigenvalue weighted by atomic mass is 9.90. The molecule has 0 aliphatic carbocycles. The standard InChI is InChI=1S/C14H24N4O/c1-10(2)8-14(3,9-15)18-11-5-6-17-12(7-11)13(19)16-4/h5-7,10H,8-9,15H2,1-4H3,(H,16,19)(H,17,18). The van der Waals surface area contributed by atoms with Crippen LogP contribution in [0, 0.1) is 5.92 Å². The summed E-state index contributed by atoms with van der Waals surface area (Å²) in [4.78, 5) is 15.6. The summed E-state index contributed by atoms with van der Waals surface area (Å²) in [7, 11) is 1.59. The molecule has 0 fully saturated rings. The molecule has 1 rings (SSSR count). The van der Waals surface area contributed by atoms with Crippen LogP contribution in [0.3, 0.4) is 0 Å². The van der Waals surface area contributed by atoms with Crippen molar-refractivity contribution in [2.24, 2.45) is 11.7 Å². The van der Waals surface area contributed by atoms with E-state index in [0.29, 0.717) is 18.2 Å². The van der Waals surface area contributed by atoms with Crippen molar-refractivity contribution in [1.82, 2.24) is 10.3 Å². The van der Waals surface area contributed by atoms with Crippen molar-refractivity contribution >= 4 is 11.6 Å². The number of rotatable bonds is 6. The number of amides is 1. The third-order valence-electron chi connectivity index (χ3n) is 2.98. The predicted molar refractivity (Wildman–Crippen MR) is 78.2 cm³/mol. The van der Waals surface area contributed by atoms with E-state index in [0.717, 1.165) is 12.1 Å². The molecular formula is C14H24N4O. The van der Waals surface area contributed by atoms with Crippen molar-refractivity contribution in [2.45, 2.75) is 32.7 Å². The Bertz CT molecular complexity index is 433. The molecule has 4 N–H and O–H groups in total. The van der Waals surface area contributed by atoms with Gasteiger partial charge in [-0.2, -0.15) is 0 Å². The number of aromatic nitrogens is 1. The first-order valence-corrected chi connectivity index (χ1v) is 6.56. The second-order valence-corrected chi connectivity index (χ2v) is 5.50. The van der Waals surface area contributed by atoms with Crippen LogP contribution in [0.4, 0.5) is 5.69 Å². The number of hydrogen-bond acceptors (Lipinski definition) is 4. The summed E-state index contributed by atoms with van der Waals surface area (Å²) < 4.78 is 0. The van der Waals surface area contributed by atoms with E-state index in [1.165, 1.54) is 0 Å². The highest BCUT2D eigenvalue weighted by molar-refractivity contribution is 5.92. The van der Waals surface area contributed by atoms with Crippen LogP contribution in [0.5, 0.6) is 0 Å². The lowest BCUT2D eigenvalue weighted by Crippen LogP contribution is -2.43. The molecule has 0 aliphatic rings. The Morgan fingerprint density at radius 3 is 2.74 bits per heavy atom. The normalized spacial score (nSPS) is 14.0. The molecule has 0 spiro atoms. The SMILES string of the molecule is CNC(=O)c1cc(NC(C)(CN)CC(C)C)ccn1. The smallest absolute Gasteiger partial charge is 0.269 e. The Labute approximate surface area is 115 Å². The number of nitrogens with two attached hydrogens (primary N) is 1. The minimum absolute atomic E-state index is 0.185. The van der Waals surface area contributed by atoms with Crippen molar-refractivity contribution in [3.8, 4) is 0 Å². The van der Waals surface area contributed by atoms with E-state index in [1.54, 1.807) is 19.3 Å². The molecule has 0 saturated heterocycles. The van der Waals surface area contributed by atoms with Crippen LogP contribution in [0.1, 0.15) is 37.7 Å². The van der Waals surface area contributed by atoms with Crippen molar-refractivity contribution in [3.05, 3.63) is 24.0 Å². The summed E-state index contributed by atoms with van der Waals surface area (Å²) in [6.07, 6.45) is 2.58. The van der Waals surface area contributed by atoms with Gasteiger partial charge in [-0.05, 0) is 31.4 Å². The van der Waals surface area contributed by atoms with E-state index in [9.17, 15) is 4.79 Å². The van der Waals surface area contributed by atoms with Crippen LogP contribution < -0.4 is 16.4 Å². The van der Waals surface area contributed by atoms with Gasteiger partial charge in [-0.25, -0.2) is 0 Å². The molecule has 0 radical (unpaired) electrons. The summed E-state index contributed by atoms with van der Waals surface area (Å²) in [6, 6.07) is 3.59. The zero-order valence-corrected chi connectivity index (χ0v) is 12.2. The van der Waals surface area contributed by atoms with Gasteiger partial charge in [-0.1, -0.05) is 13.8 Å². The molecule has 5 heteroatoms. The molecule has 1 atom stereocenters. The van der Waals surface area contributed by atoms with E-state index in [4.69, 9.17) is 5.73 Å². The van der Waals surface area contributed by atoms with Gasteiger partial charge in [0.15, 0.2) is 0 Å². The van der Waals surface area contributed by atoms with Crippen molar-refractivity contribution in [2.75, 3.05) is 18.9 Å². The van der Waals surface area contributed by atoms with Crippen LogP contribution in [0.2, 0.25) is 0 Å². The average Bonchev–Trinajstić information content (AvgIpc) is 2.37. The molecule has 19 heavy (non-hydrogen) atoms. The second-order valence-electron chi connectivity index (χ2n) is 5.50. The van der Waals surface area contributed by atoms with Crippen molar-refractivity contribution in [3.63, 3.8) is 0 Å². The number of carbonyl (C=O) groups excluding carboxylic acids is 1. The number of pyridine rings is 1. The first-order valence-electron chi connectivity index (χ1n) is 6.56. The zero-order chi connectivity index (χ0) is 14.5. The number of nitrogens with one attached hydrogen (secondary N) is 2. The molecule has 0 aliphatic heterocycles. The highest BCUT2D eigenvalue weighted by Crippen LogP contribution is 2.21. The number of carbonyl (C=O) groups is 1. The lowest BCUT2D eigenvalue weighted by molar-refractivity contribution is 0.0958. The number of nitrogens with zero attached hydrogens (tertiary/aromatic N) is 1. The van der Waals surface area contributed by atoms with Gasteiger partial charge in [-0.3, -0.25) is 9.78 Å². The quantitative estimate of drug-likeness (QED) is 0.729. The van der Waals surface area contributed by atoms with Gasteiger partial charge < -0.3 is 16.4 Å². The first-order chi connectivity index (χ1) is 8.90. The number of anilines is 1. The topological polar surface area (TPSA) is 80.0 Å². The molecule has 1 heterocycles. The molecule has 0 aromatic carbocycles. The maximum atomic E-state index is 11.6. The van der Waals surface area contributed by atoms with E-state index in [-0.39, 0.29) is 11.4 Å². The Balaban J connectivity index is 2.88. The number of hydrogen-bond donors (Lipinski definition) is 3. The highest BCUT2D eigenvalue weighted by atomic mass is 16.1. The van der Waals surface area contributed by atoms with Gasteiger partial charge in [0.25, 0.3) is 5.91 Å². The minimum atomic E-state index is -0.193. The lowest BCUT2D eigenvalue weighted by Gasteiger charge is -2.32. The van der Waals surface area contributed by atoms with Crippen LogP contribution in [0.25, 0.3) is 0 Å². The van der Waals surface area contributed by atoms with Gasteiger partial charge >= 0.3 is 0 Å². The van der Waals surface area contributed by atoms with E-state index in [2.05, 4.69) is 36.4 Å². The minimum Gasteiger partial charge on any atom is -0.378 e. The molecule has 1 unspecified atom stereocenters. The van der Waals surface area contributed by atoms with Crippen LogP contribution in [-0.4, -0.2) is 30.0 Å². The summed E-state index contributed by atoms with van der Waals surface area (Å²) >= 11 is 0. The Hall–Kier alpha value is -1.62. The molecule has 106 valence electrons. The Morgan fingerprint density at radius 2 is 2.21 bits per heavy atom. The molecule has 0 saturated carbocycles. The average molecular weight is 264 g/mol. The fraction of sp³-hybridized carbons (Fsp3) is 0.571. The third-order valence-corrected chi connectivity index (χ3v) is 2.98. The molecular weight excluding hydrogens is 240 g/mol.